The highest BCUT2D eigenvalue weighted by atomic mass is 14.1. The first-order chi connectivity index (χ1) is 9.36. The molecule has 0 amide bonds. The third-order valence-corrected chi connectivity index (χ3v) is 4.09. The van der Waals surface area contributed by atoms with E-state index in [9.17, 15) is 0 Å². The molecule has 0 N–H and O–H groups in total. The number of benzene rings is 1. The first kappa shape index (κ1) is 14.4. The monoisotopic (exact) mass is 255 g/mol. The Morgan fingerprint density at radius 3 is 2.00 bits per heavy atom. The maximum atomic E-state index is 3.69. The lowest BCUT2D eigenvalue weighted by molar-refractivity contribution is 0.567. The van der Waals surface area contributed by atoms with Crippen molar-refractivity contribution in [3.05, 3.63) is 41.5 Å². The van der Waals surface area contributed by atoms with Crippen LogP contribution in [0, 0.1) is 13.0 Å². The van der Waals surface area contributed by atoms with E-state index in [1.165, 1.54) is 74.5 Å². The van der Waals surface area contributed by atoms with Crippen LogP contribution in [-0.4, -0.2) is 0 Å². The first-order valence-corrected chi connectivity index (χ1v) is 8.03. The van der Waals surface area contributed by atoms with Gasteiger partial charge in [0.05, 0.1) is 0 Å². The van der Waals surface area contributed by atoms with Crippen molar-refractivity contribution in [2.24, 2.45) is 0 Å². The molecule has 2 rings (SSSR count). The van der Waals surface area contributed by atoms with Crippen molar-refractivity contribution in [2.45, 2.75) is 71.1 Å². The predicted molar refractivity (Wildman–Crippen MR) is 84.0 cm³/mol. The minimum absolute atomic E-state index is 1.14. The van der Waals surface area contributed by atoms with E-state index in [0.717, 1.165) is 6.42 Å². The van der Waals surface area contributed by atoms with Crippen LogP contribution in [0.25, 0.3) is 5.57 Å². The molecule has 0 aliphatic heterocycles. The van der Waals surface area contributed by atoms with Crippen molar-refractivity contribution in [3.63, 3.8) is 0 Å². The van der Waals surface area contributed by atoms with E-state index >= 15 is 0 Å². The van der Waals surface area contributed by atoms with E-state index in [4.69, 9.17) is 0 Å². The van der Waals surface area contributed by atoms with Gasteiger partial charge in [0.1, 0.15) is 0 Å². The molecular formula is C19H27. The van der Waals surface area contributed by atoms with Crippen LogP contribution >= 0.6 is 0 Å². The summed E-state index contributed by atoms with van der Waals surface area (Å²) in [7, 11) is 0. The molecule has 0 nitrogen and oxygen atoms in total. The molecule has 1 radical (unpaired) electrons. The molecule has 0 saturated heterocycles. The highest BCUT2D eigenvalue weighted by Gasteiger charge is 2.03. The zero-order chi connectivity index (χ0) is 13.3. The summed E-state index contributed by atoms with van der Waals surface area (Å²) in [5.74, 6) is 0. The molecule has 0 atom stereocenters. The van der Waals surface area contributed by atoms with Gasteiger partial charge in [0.2, 0.25) is 0 Å². The SMILES string of the molecule is Cc1ccc(/C2=[C]/CCCCCCCCCC2)cc1. The third-order valence-electron chi connectivity index (χ3n) is 4.09. The average molecular weight is 255 g/mol. The van der Waals surface area contributed by atoms with Gasteiger partial charge in [-0.15, -0.1) is 0 Å². The molecular weight excluding hydrogens is 228 g/mol. The maximum absolute atomic E-state index is 3.69. The molecule has 1 aromatic rings. The van der Waals surface area contributed by atoms with Gasteiger partial charge in [0.15, 0.2) is 0 Å². The van der Waals surface area contributed by atoms with Gasteiger partial charge in [-0.05, 0) is 49.8 Å². The topological polar surface area (TPSA) is 0 Å². The summed E-state index contributed by atoms with van der Waals surface area (Å²) >= 11 is 0. The molecule has 1 aromatic carbocycles. The van der Waals surface area contributed by atoms with E-state index < -0.39 is 0 Å². The lowest BCUT2D eigenvalue weighted by atomic mass is 9.95. The van der Waals surface area contributed by atoms with Crippen LogP contribution in [-0.2, 0) is 0 Å². The summed E-state index contributed by atoms with van der Waals surface area (Å²) in [6.07, 6.45) is 17.2. The zero-order valence-electron chi connectivity index (χ0n) is 12.4. The van der Waals surface area contributed by atoms with Gasteiger partial charge in [-0.2, -0.15) is 0 Å². The summed E-state index contributed by atoms with van der Waals surface area (Å²) in [5, 5.41) is 0. The fourth-order valence-corrected chi connectivity index (χ4v) is 2.82. The average Bonchev–Trinajstić information content (AvgIpc) is 2.41. The number of hydrogen-bond donors (Lipinski definition) is 0. The second kappa shape index (κ2) is 8.19. The molecule has 0 bridgehead atoms. The molecule has 1 aliphatic carbocycles. The smallest absolute Gasteiger partial charge is 0.0221 e. The molecule has 0 unspecified atom stereocenters. The van der Waals surface area contributed by atoms with Crippen LogP contribution in [0.2, 0.25) is 0 Å². The van der Waals surface area contributed by atoms with Crippen molar-refractivity contribution in [1.82, 2.24) is 0 Å². The van der Waals surface area contributed by atoms with Gasteiger partial charge in [-0.25, -0.2) is 0 Å². The van der Waals surface area contributed by atoms with E-state index in [0.29, 0.717) is 0 Å². The van der Waals surface area contributed by atoms with E-state index in [1.807, 2.05) is 0 Å². The van der Waals surface area contributed by atoms with Gasteiger partial charge in [0.25, 0.3) is 0 Å². The van der Waals surface area contributed by atoms with Crippen LogP contribution < -0.4 is 0 Å². The Hall–Kier alpha value is -1.04. The summed E-state index contributed by atoms with van der Waals surface area (Å²) < 4.78 is 0. The lowest BCUT2D eigenvalue weighted by Crippen LogP contribution is -1.90. The highest BCUT2D eigenvalue weighted by Crippen LogP contribution is 2.24. The zero-order valence-corrected chi connectivity index (χ0v) is 12.4. The standard InChI is InChI=1S/C19H27/c1-17-13-15-19(16-14-17)18-11-9-7-5-3-2-4-6-8-10-12-18/h13-16H,2-11H2,1H3. The minimum atomic E-state index is 1.14. The van der Waals surface area contributed by atoms with Crippen molar-refractivity contribution in [3.8, 4) is 0 Å². The van der Waals surface area contributed by atoms with E-state index in [-0.39, 0.29) is 0 Å². The summed E-state index contributed by atoms with van der Waals surface area (Å²) in [4.78, 5) is 0. The van der Waals surface area contributed by atoms with E-state index in [2.05, 4.69) is 37.3 Å². The Morgan fingerprint density at radius 1 is 0.737 bits per heavy atom. The number of allylic oxidation sites excluding steroid dienone is 2. The van der Waals surface area contributed by atoms with Gasteiger partial charge in [-0.3, -0.25) is 0 Å². The van der Waals surface area contributed by atoms with Crippen LogP contribution in [0.4, 0.5) is 0 Å². The normalized spacial score (nSPS) is 21.8. The van der Waals surface area contributed by atoms with Crippen LogP contribution in [0.1, 0.15) is 75.3 Å². The second-order valence-electron chi connectivity index (χ2n) is 5.85. The van der Waals surface area contributed by atoms with Gasteiger partial charge in [0, 0.05) is 0 Å². The summed E-state index contributed by atoms with van der Waals surface area (Å²) in [5.41, 5.74) is 4.20. The Bertz CT molecular complexity index is 383. The molecule has 0 aromatic heterocycles. The van der Waals surface area contributed by atoms with E-state index in [1.54, 1.807) is 0 Å². The molecule has 1 aliphatic rings. The molecule has 0 heterocycles. The van der Waals surface area contributed by atoms with Gasteiger partial charge >= 0.3 is 0 Å². The van der Waals surface area contributed by atoms with Crippen LogP contribution in [0.15, 0.2) is 24.3 Å². The fourth-order valence-electron chi connectivity index (χ4n) is 2.82. The van der Waals surface area contributed by atoms with Crippen molar-refractivity contribution >= 4 is 5.57 Å². The first-order valence-electron chi connectivity index (χ1n) is 8.03. The Balaban J connectivity index is 2.02. The molecule has 0 heteroatoms. The van der Waals surface area contributed by atoms with Crippen LogP contribution in [0.3, 0.4) is 0 Å². The van der Waals surface area contributed by atoms with Gasteiger partial charge < -0.3 is 0 Å². The quantitative estimate of drug-likeness (QED) is 0.569. The predicted octanol–water partition coefficient (Wildman–Crippen LogP) is 6.10. The van der Waals surface area contributed by atoms with Gasteiger partial charge in [-0.1, -0.05) is 68.4 Å². The van der Waals surface area contributed by atoms with Crippen molar-refractivity contribution in [1.29, 1.82) is 0 Å². The van der Waals surface area contributed by atoms with Crippen LogP contribution in [0.5, 0.6) is 0 Å². The third kappa shape index (κ3) is 5.22. The molecule has 19 heavy (non-hydrogen) atoms. The molecule has 103 valence electrons. The molecule has 0 saturated carbocycles. The van der Waals surface area contributed by atoms with Crippen molar-refractivity contribution in [2.75, 3.05) is 0 Å². The maximum Gasteiger partial charge on any atom is -0.0221 e. The Morgan fingerprint density at radius 2 is 1.32 bits per heavy atom. The summed E-state index contributed by atoms with van der Waals surface area (Å²) in [6, 6.07) is 8.98. The number of hydrogen-bond acceptors (Lipinski definition) is 0. The molecule has 0 spiro atoms. The van der Waals surface area contributed by atoms with Crippen molar-refractivity contribution < 1.29 is 0 Å². The lowest BCUT2D eigenvalue weighted by Gasteiger charge is -2.10. The molecule has 0 fully saturated rings. The summed E-state index contributed by atoms with van der Waals surface area (Å²) in [6.45, 7) is 2.16. The number of rotatable bonds is 1. The Labute approximate surface area is 118 Å². The Kier molecular flexibility index (Phi) is 6.20. The second-order valence-corrected chi connectivity index (χ2v) is 5.85. The fraction of sp³-hybridized carbons (Fsp3) is 0.579. The number of aryl methyl sites for hydroxylation is 1. The minimum Gasteiger partial charge on any atom is -0.0587 e. The largest absolute Gasteiger partial charge is 0.0587 e. The highest BCUT2D eigenvalue weighted by molar-refractivity contribution is 5.63.